The van der Waals surface area contributed by atoms with Crippen LogP contribution in [0, 0.1) is 9.39 Å². The molecule has 0 aliphatic rings. The lowest BCUT2D eigenvalue weighted by Gasteiger charge is -2.17. The molecule has 1 unspecified atom stereocenters. The second kappa shape index (κ2) is 5.79. The van der Waals surface area contributed by atoms with E-state index in [9.17, 15) is 4.39 Å². The fourth-order valence-electron chi connectivity index (χ4n) is 1.90. The number of hydrogen-bond acceptors (Lipinski definition) is 2. The van der Waals surface area contributed by atoms with E-state index < -0.39 is 0 Å². The third-order valence-corrected chi connectivity index (χ3v) is 3.65. The summed E-state index contributed by atoms with van der Waals surface area (Å²) in [7, 11) is 1.89. The zero-order valence-electron chi connectivity index (χ0n) is 10.3. The Labute approximate surface area is 120 Å². The zero-order chi connectivity index (χ0) is 13.1. The first-order valence-corrected chi connectivity index (χ1v) is 6.87. The lowest BCUT2D eigenvalue weighted by atomic mass is 10.0. The van der Waals surface area contributed by atoms with Crippen molar-refractivity contribution in [3.8, 4) is 0 Å². The van der Waals surface area contributed by atoms with Crippen molar-refractivity contribution >= 4 is 22.6 Å². The van der Waals surface area contributed by atoms with E-state index >= 15 is 0 Å². The van der Waals surface area contributed by atoms with Crippen LogP contribution in [0.2, 0.25) is 0 Å². The van der Waals surface area contributed by atoms with Crippen LogP contribution < -0.4 is 5.32 Å². The van der Waals surface area contributed by atoms with Gasteiger partial charge in [0.2, 0.25) is 0 Å². The van der Waals surface area contributed by atoms with Gasteiger partial charge in [-0.1, -0.05) is 13.0 Å². The zero-order valence-corrected chi connectivity index (χ0v) is 12.5. The summed E-state index contributed by atoms with van der Waals surface area (Å²) in [5.41, 5.74) is 2.00. The number of nitrogens with one attached hydrogen (secondary N) is 1. The van der Waals surface area contributed by atoms with Gasteiger partial charge in [-0.15, -0.1) is 0 Å². The molecular weight excluding hydrogens is 344 g/mol. The highest BCUT2D eigenvalue weighted by molar-refractivity contribution is 14.1. The quantitative estimate of drug-likeness (QED) is 0.851. The van der Waals surface area contributed by atoms with E-state index in [-0.39, 0.29) is 11.9 Å². The molecule has 0 spiro atoms. The summed E-state index contributed by atoms with van der Waals surface area (Å²) >= 11 is 2.16. The third-order valence-electron chi connectivity index (χ3n) is 2.71. The van der Waals surface area contributed by atoms with Crippen molar-refractivity contribution in [1.82, 2.24) is 15.1 Å². The maximum absolute atomic E-state index is 13.2. The van der Waals surface area contributed by atoms with Crippen LogP contribution in [0.3, 0.4) is 0 Å². The van der Waals surface area contributed by atoms with Gasteiger partial charge in [0.15, 0.2) is 0 Å². The molecule has 1 atom stereocenters. The van der Waals surface area contributed by atoms with Crippen LogP contribution in [0.1, 0.15) is 24.2 Å². The topological polar surface area (TPSA) is 29.9 Å². The van der Waals surface area contributed by atoms with Crippen LogP contribution in [0.5, 0.6) is 0 Å². The van der Waals surface area contributed by atoms with Crippen molar-refractivity contribution in [2.75, 3.05) is 6.54 Å². The Balaban J connectivity index is 2.41. The molecule has 1 aromatic heterocycles. The second-order valence-electron chi connectivity index (χ2n) is 4.07. The maximum atomic E-state index is 13.2. The standard InChI is InChI=1S/C13H15FIN3/c1-3-16-13(12-6-7-18(2)17-12)10-5-4-9(14)8-11(10)15/h4-8,13,16H,3H2,1-2H3. The Morgan fingerprint density at radius 1 is 1.44 bits per heavy atom. The Morgan fingerprint density at radius 2 is 2.22 bits per heavy atom. The van der Waals surface area contributed by atoms with Gasteiger partial charge in [-0.05, 0) is 52.9 Å². The molecule has 1 aromatic carbocycles. The molecule has 2 aromatic rings. The summed E-state index contributed by atoms with van der Waals surface area (Å²) in [5.74, 6) is -0.209. The molecular formula is C13H15FIN3. The van der Waals surface area contributed by atoms with Crippen molar-refractivity contribution in [1.29, 1.82) is 0 Å². The lowest BCUT2D eigenvalue weighted by Crippen LogP contribution is -2.23. The molecule has 1 N–H and O–H groups in total. The van der Waals surface area contributed by atoms with Crippen molar-refractivity contribution < 1.29 is 4.39 Å². The predicted octanol–water partition coefficient (Wildman–Crippen LogP) is 2.86. The monoisotopic (exact) mass is 359 g/mol. The summed E-state index contributed by atoms with van der Waals surface area (Å²) in [6.07, 6.45) is 1.91. The Morgan fingerprint density at radius 3 is 2.78 bits per heavy atom. The van der Waals surface area contributed by atoms with Crippen LogP contribution in [-0.2, 0) is 7.05 Å². The van der Waals surface area contributed by atoms with Gasteiger partial charge in [-0.2, -0.15) is 5.10 Å². The van der Waals surface area contributed by atoms with Gasteiger partial charge in [0.25, 0.3) is 0 Å². The number of benzene rings is 1. The molecule has 0 bridgehead atoms. The van der Waals surface area contributed by atoms with E-state index in [2.05, 4.69) is 33.0 Å². The van der Waals surface area contributed by atoms with E-state index in [4.69, 9.17) is 0 Å². The molecule has 0 aliphatic heterocycles. The summed E-state index contributed by atoms with van der Waals surface area (Å²) in [5, 5.41) is 7.81. The fourth-order valence-corrected chi connectivity index (χ4v) is 2.69. The summed E-state index contributed by atoms with van der Waals surface area (Å²) in [6, 6.07) is 6.84. The van der Waals surface area contributed by atoms with Gasteiger partial charge in [0.1, 0.15) is 5.82 Å². The molecule has 0 saturated carbocycles. The van der Waals surface area contributed by atoms with E-state index in [0.717, 1.165) is 21.4 Å². The van der Waals surface area contributed by atoms with Crippen LogP contribution in [0.4, 0.5) is 4.39 Å². The molecule has 2 rings (SSSR count). The van der Waals surface area contributed by atoms with Gasteiger partial charge in [-0.25, -0.2) is 4.39 Å². The Kier molecular flexibility index (Phi) is 4.34. The fraction of sp³-hybridized carbons (Fsp3) is 0.308. The number of nitrogens with zero attached hydrogens (tertiary/aromatic N) is 2. The van der Waals surface area contributed by atoms with Crippen molar-refractivity contribution in [3.63, 3.8) is 0 Å². The van der Waals surface area contributed by atoms with Crippen molar-refractivity contribution in [3.05, 3.63) is 51.1 Å². The summed E-state index contributed by atoms with van der Waals surface area (Å²) < 4.78 is 15.8. The van der Waals surface area contributed by atoms with Gasteiger partial charge in [0, 0.05) is 16.8 Å². The highest BCUT2D eigenvalue weighted by atomic mass is 127. The molecule has 3 nitrogen and oxygen atoms in total. The smallest absolute Gasteiger partial charge is 0.124 e. The molecule has 5 heteroatoms. The van der Waals surface area contributed by atoms with Gasteiger partial charge in [-0.3, -0.25) is 4.68 Å². The molecule has 0 fully saturated rings. The van der Waals surface area contributed by atoms with E-state index in [1.807, 2.05) is 32.3 Å². The van der Waals surface area contributed by atoms with Gasteiger partial charge < -0.3 is 5.32 Å². The van der Waals surface area contributed by atoms with Crippen LogP contribution in [-0.4, -0.2) is 16.3 Å². The molecule has 0 amide bonds. The highest BCUT2D eigenvalue weighted by Crippen LogP contribution is 2.25. The van der Waals surface area contributed by atoms with Gasteiger partial charge in [0.05, 0.1) is 11.7 Å². The molecule has 96 valence electrons. The number of aryl methyl sites for hydroxylation is 1. The number of halogens is 2. The first-order valence-electron chi connectivity index (χ1n) is 5.79. The third kappa shape index (κ3) is 2.89. The molecule has 0 saturated heterocycles. The van der Waals surface area contributed by atoms with E-state index in [1.54, 1.807) is 10.7 Å². The first kappa shape index (κ1) is 13.5. The summed E-state index contributed by atoms with van der Waals surface area (Å²) in [4.78, 5) is 0. The molecule has 0 radical (unpaired) electrons. The van der Waals surface area contributed by atoms with E-state index in [1.165, 1.54) is 6.07 Å². The number of aromatic nitrogens is 2. The molecule has 18 heavy (non-hydrogen) atoms. The number of rotatable bonds is 4. The highest BCUT2D eigenvalue weighted by Gasteiger charge is 2.18. The lowest BCUT2D eigenvalue weighted by molar-refractivity contribution is 0.591. The SMILES string of the molecule is CCNC(c1ccn(C)n1)c1ccc(F)cc1I. The van der Waals surface area contributed by atoms with E-state index in [0.29, 0.717) is 0 Å². The normalized spacial score (nSPS) is 12.7. The van der Waals surface area contributed by atoms with Crippen LogP contribution in [0.15, 0.2) is 30.5 Å². The minimum Gasteiger partial charge on any atom is -0.305 e. The molecule has 1 heterocycles. The first-order chi connectivity index (χ1) is 8.61. The Hall–Kier alpha value is -0.950. The van der Waals surface area contributed by atoms with Gasteiger partial charge >= 0.3 is 0 Å². The minimum absolute atomic E-state index is 0.00343. The van der Waals surface area contributed by atoms with Crippen LogP contribution in [0.25, 0.3) is 0 Å². The van der Waals surface area contributed by atoms with Crippen LogP contribution >= 0.6 is 22.6 Å². The average molecular weight is 359 g/mol. The van der Waals surface area contributed by atoms with Crippen molar-refractivity contribution in [2.24, 2.45) is 7.05 Å². The maximum Gasteiger partial charge on any atom is 0.124 e. The number of hydrogen-bond donors (Lipinski definition) is 1. The Bertz CT molecular complexity index is 539. The average Bonchev–Trinajstić information content (AvgIpc) is 2.73. The minimum atomic E-state index is -0.209. The molecule has 0 aliphatic carbocycles. The second-order valence-corrected chi connectivity index (χ2v) is 5.23. The van der Waals surface area contributed by atoms with Crippen molar-refractivity contribution in [2.45, 2.75) is 13.0 Å². The predicted molar refractivity (Wildman–Crippen MR) is 77.8 cm³/mol. The largest absolute Gasteiger partial charge is 0.305 e. The summed E-state index contributed by atoms with van der Waals surface area (Å²) in [6.45, 7) is 2.88.